The molecule has 0 fully saturated rings. The van der Waals surface area contributed by atoms with Crippen molar-refractivity contribution in [2.45, 2.75) is 50.2 Å². The summed E-state index contributed by atoms with van der Waals surface area (Å²) in [7, 11) is 0. The Morgan fingerprint density at radius 3 is 2.70 bits per heavy atom. The number of fused-ring (bicyclic) bond motifs is 1. The second-order valence-electron chi connectivity index (χ2n) is 5.75. The van der Waals surface area contributed by atoms with Crippen LogP contribution >= 0.6 is 23.4 Å². The van der Waals surface area contributed by atoms with E-state index in [4.69, 9.17) is 11.6 Å². The zero-order valence-electron chi connectivity index (χ0n) is 12.2. The topological polar surface area (TPSA) is 40.5 Å². The average Bonchev–Trinajstić information content (AvgIpc) is 2.43. The maximum atomic E-state index is 9.86. The third-order valence-corrected chi connectivity index (χ3v) is 6.08. The number of hydrogen-bond acceptors (Lipinski definition) is 3. The zero-order valence-corrected chi connectivity index (χ0v) is 13.7. The van der Waals surface area contributed by atoms with E-state index in [1.54, 1.807) is 12.1 Å². The highest BCUT2D eigenvalue weighted by atomic mass is 35.5. The van der Waals surface area contributed by atoms with E-state index in [0.29, 0.717) is 11.8 Å². The van der Waals surface area contributed by atoms with Crippen LogP contribution in [0.5, 0.6) is 11.5 Å². The van der Waals surface area contributed by atoms with Gasteiger partial charge in [-0.3, -0.25) is 0 Å². The van der Waals surface area contributed by atoms with Gasteiger partial charge in [0.15, 0.2) is 11.5 Å². The predicted octanol–water partition coefficient (Wildman–Crippen LogP) is 4.96. The first-order chi connectivity index (χ1) is 9.51. The normalized spacial score (nSPS) is 25.4. The Balaban J connectivity index is 2.43. The molecule has 0 bridgehead atoms. The van der Waals surface area contributed by atoms with Crippen LogP contribution in [0.3, 0.4) is 0 Å². The van der Waals surface area contributed by atoms with Gasteiger partial charge in [0.05, 0.1) is 0 Å². The standard InChI is InChI=1S/C16H23ClO2S/c1-3-5-11-10-20-16(2,6-4-7-17)13-9-15(19)14(18)8-12(11)13/h8-9,11,18-19H,3-7,10H2,1-2H3. The van der Waals surface area contributed by atoms with Crippen molar-refractivity contribution in [3.05, 3.63) is 23.3 Å². The summed E-state index contributed by atoms with van der Waals surface area (Å²) in [5.41, 5.74) is 2.38. The Labute approximate surface area is 130 Å². The molecular weight excluding hydrogens is 292 g/mol. The number of hydrogen-bond donors (Lipinski definition) is 2. The van der Waals surface area contributed by atoms with Gasteiger partial charge in [0.25, 0.3) is 0 Å². The number of aromatic hydroxyl groups is 2. The number of rotatable bonds is 5. The molecule has 0 radical (unpaired) electrons. The highest BCUT2D eigenvalue weighted by Crippen LogP contribution is 2.52. The smallest absolute Gasteiger partial charge is 0.157 e. The van der Waals surface area contributed by atoms with E-state index >= 15 is 0 Å². The molecule has 2 N–H and O–H groups in total. The van der Waals surface area contributed by atoms with Crippen LogP contribution in [0, 0.1) is 0 Å². The molecule has 1 aromatic carbocycles. The number of phenolic OH excluding ortho intramolecular Hbond substituents is 2. The van der Waals surface area contributed by atoms with Crippen molar-refractivity contribution in [2.75, 3.05) is 11.6 Å². The summed E-state index contributed by atoms with van der Waals surface area (Å²) in [4.78, 5) is 0. The lowest BCUT2D eigenvalue weighted by Gasteiger charge is -2.39. The third-order valence-electron chi connectivity index (χ3n) is 4.18. The first kappa shape index (κ1) is 15.8. The van der Waals surface area contributed by atoms with Gasteiger partial charge in [-0.2, -0.15) is 0 Å². The quantitative estimate of drug-likeness (QED) is 0.596. The Bertz CT molecular complexity index is 478. The molecule has 2 atom stereocenters. The van der Waals surface area contributed by atoms with E-state index in [2.05, 4.69) is 13.8 Å². The Kier molecular flexibility index (Phi) is 5.14. The molecule has 1 aliphatic rings. The number of benzene rings is 1. The van der Waals surface area contributed by atoms with Gasteiger partial charge < -0.3 is 10.2 Å². The maximum Gasteiger partial charge on any atom is 0.157 e. The first-order valence-electron chi connectivity index (χ1n) is 7.28. The molecule has 0 amide bonds. The Hall–Kier alpha value is -0.540. The molecule has 0 aromatic heterocycles. The molecule has 1 aliphatic heterocycles. The minimum absolute atomic E-state index is 0.00329. The second-order valence-corrected chi connectivity index (χ2v) is 7.65. The molecule has 0 saturated carbocycles. The van der Waals surface area contributed by atoms with Crippen molar-refractivity contribution >= 4 is 23.4 Å². The molecule has 1 heterocycles. The molecule has 0 saturated heterocycles. The predicted molar refractivity (Wildman–Crippen MR) is 87.2 cm³/mol. The lowest BCUT2D eigenvalue weighted by molar-refractivity contribution is 0.400. The largest absolute Gasteiger partial charge is 0.504 e. The van der Waals surface area contributed by atoms with E-state index in [-0.39, 0.29) is 16.2 Å². The van der Waals surface area contributed by atoms with Crippen molar-refractivity contribution < 1.29 is 10.2 Å². The number of phenols is 2. The molecule has 112 valence electrons. The Morgan fingerprint density at radius 1 is 1.35 bits per heavy atom. The molecule has 2 rings (SSSR count). The summed E-state index contributed by atoms with van der Waals surface area (Å²) in [5, 5.41) is 19.7. The van der Waals surface area contributed by atoms with Crippen LogP contribution in [0.15, 0.2) is 12.1 Å². The van der Waals surface area contributed by atoms with Crippen molar-refractivity contribution in [3.63, 3.8) is 0 Å². The van der Waals surface area contributed by atoms with Crippen LogP contribution in [0.25, 0.3) is 0 Å². The van der Waals surface area contributed by atoms with Crippen LogP contribution < -0.4 is 0 Å². The third kappa shape index (κ3) is 3.04. The summed E-state index contributed by atoms with van der Waals surface area (Å²) in [6.45, 7) is 4.41. The van der Waals surface area contributed by atoms with Gasteiger partial charge in [-0.25, -0.2) is 0 Å². The summed E-state index contributed by atoms with van der Waals surface area (Å²) >= 11 is 7.81. The molecular formula is C16H23ClO2S. The van der Waals surface area contributed by atoms with E-state index in [1.165, 1.54) is 11.1 Å². The summed E-state index contributed by atoms with van der Waals surface area (Å²) < 4.78 is -0.0142. The molecule has 0 aliphatic carbocycles. The van der Waals surface area contributed by atoms with E-state index in [1.807, 2.05) is 11.8 Å². The van der Waals surface area contributed by atoms with E-state index in [9.17, 15) is 10.2 Å². The zero-order chi connectivity index (χ0) is 14.8. The second kappa shape index (κ2) is 6.48. The monoisotopic (exact) mass is 314 g/mol. The van der Waals surface area contributed by atoms with Crippen molar-refractivity contribution in [1.82, 2.24) is 0 Å². The van der Waals surface area contributed by atoms with Crippen molar-refractivity contribution in [3.8, 4) is 11.5 Å². The van der Waals surface area contributed by atoms with Gasteiger partial charge in [0.2, 0.25) is 0 Å². The van der Waals surface area contributed by atoms with Gasteiger partial charge in [0.1, 0.15) is 0 Å². The summed E-state index contributed by atoms with van der Waals surface area (Å²) in [6.07, 6.45) is 4.21. The van der Waals surface area contributed by atoms with E-state index in [0.717, 1.165) is 31.4 Å². The van der Waals surface area contributed by atoms with Crippen LogP contribution in [0.1, 0.15) is 56.6 Å². The molecule has 2 unspecified atom stereocenters. The molecule has 1 aromatic rings. The van der Waals surface area contributed by atoms with Crippen LogP contribution in [-0.2, 0) is 4.75 Å². The number of thioether (sulfide) groups is 1. The molecule has 4 heteroatoms. The van der Waals surface area contributed by atoms with Crippen molar-refractivity contribution in [1.29, 1.82) is 0 Å². The van der Waals surface area contributed by atoms with Gasteiger partial charge in [0, 0.05) is 16.4 Å². The Morgan fingerprint density at radius 2 is 2.05 bits per heavy atom. The minimum Gasteiger partial charge on any atom is -0.504 e. The van der Waals surface area contributed by atoms with Crippen LogP contribution in [0.2, 0.25) is 0 Å². The molecule has 2 nitrogen and oxygen atoms in total. The number of alkyl halides is 1. The highest BCUT2D eigenvalue weighted by molar-refractivity contribution is 8.00. The summed E-state index contributed by atoms with van der Waals surface area (Å²) in [6, 6.07) is 3.53. The average molecular weight is 315 g/mol. The lowest BCUT2D eigenvalue weighted by atomic mass is 9.83. The fourth-order valence-electron chi connectivity index (χ4n) is 3.04. The minimum atomic E-state index is -0.0152. The molecule has 20 heavy (non-hydrogen) atoms. The SMILES string of the molecule is CCCC1CSC(C)(CCCCl)c2cc(O)c(O)cc21. The van der Waals surface area contributed by atoms with Crippen molar-refractivity contribution in [2.24, 2.45) is 0 Å². The fourth-order valence-corrected chi connectivity index (χ4v) is 4.71. The maximum absolute atomic E-state index is 9.86. The molecule has 0 spiro atoms. The van der Waals surface area contributed by atoms with E-state index < -0.39 is 0 Å². The van der Waals surface area contributed by atoms with Crippen LogP contribution in [-0.4, -0.2) is 21.8 Å². The van der Waals surface area contributed by atoms with Gasteiger partial charge in [-0.05, 0) is 55.4 Å². The highest BCUT2D eigenvalue weighted by Gasteiger charge is 2.37. The first-order valence-corrected chi connectivity index (χ1v) is 8.80. The van der Waals surface area contributed by atoms with Crippen LogP contribution in [0.4, 0.5) is 0 Å². The van der Waals surface area contributed by atoms with Gasteiger partial charge in [-0.15, -0.1) is 23.4 Å². The lowest BCUT2D eigenvalue weighted by Crippen LogP contribution is -2.27. The van der Waals surface area contributed by atoms with Gasteiger partial charge in [-0.1, -0.05) is 13.3 Å². The number of halogens is 1. The summed E-state index contributed by atoms with van der Waals surface area (Å²) in [5.74, 6) is 2.18. The fraction of sp³-hybridized carbons (Fsp3) is 0.625. The van der Waals surface area contributed by atoms with Gasteiger partial charge >= 0.3 is 0 Å².